The maximum atomic E-state index is 11.8. The highest BCUT2D eigenvalue weighted by molar-refractivity contribution is 5.74. The van der Waals surface area contributed by atoms with Crippen molar-refractivity contribution in [2.45, 2.75) is 44.7 Å². The van der Waals surface area contributed by atoms with Crippen molar-refractivity contribution < 1.29 is 14.7 Å². The van der Waals surface area contributed by atoms with Crippen LogP contribution in [0.5, 0.6) is 0 Å². The third-order valence-corrected chi connectivity index (χ3v) is 3.51. The lowest BCUT2D eigenvalue weighted by atomic mass is 9.86. The molecule has 2 amide bonds. The number of hydrogen-bond acceptors (Lipinski definition) is 5. The minimum absolute atomic E-state index is 0.0167. The van der Waals surface area contributed by atoms with E-state index in [0.29, 0.717) is 31.5 Å². The van der Waals surface area contributed by atoms with Gasteiger partial charge in [-0.25, -0.2) is 4.79 Å². The highest BCUT2D eigenvalue weighted by Gasteiger charge is 2.27. The smallest absolute Gasteiger partial charge is 0.315 e. The fraction of sp³-hybridized carbons (Fsp3) is 0.727. The summed E-state index contributed by atoms with van der Waals surface area (Å²) < 4.78 is 0. The molecule has 110 valence electrons. The molecule has 0 aromatic carbocycles. The van der Waals surface area contributed by atoms with Gasteiger partial charge in [-0.2, -0.15) is 5.21 Å². The van der Waals surface area contributed by atoms with Crippen LogP contribution >= 0.6 is 0 Å². The summed E-state index contributed by atoms with van der Waals surface area (Å²) >= 11 is 0. The fourth-order valence-electron chi connectivity index (χ4n) is 2.33. The summed E-state index contributed by atoms with van der Waals surface area (Å²) in [5, 5.41) is 27.8. The Balaban J connectivity index is 1.74. The highest BCUT2D eigenvalue weighted by atomic mass is 16.4. The van der Waals surface area contributed by atoms with Crippen LogP contribution in [0.1, 0.15) is 44.5 Å². The minimum atomic E-state index is -0.751. The van der Waals surface area contributed by atoms with Crippen LogP contribution in [0.25, 0.3) is 0 Å². The Morgan fingerprint density at radius 1 is 1.35 bits per heavy atom. The van der Waals surface area contributed by atoms with Gasteiger partial charge in [0.05, 0.1) is 12.0 Å². The quantitative estimate of drug-likeness (QED) is 0.623. The van der Waals surface area contributed by atoms with Crippen LogP contribution in [-0.2, 0) is 4.79 Å². The third-order valence-electron chi connectivity index (χ3n) is 3.51. The van der Waals surface area contributed by atoms with E-state index < -0.39 is 5.97 Å². The number of aliphatic carboxylic acids is 1. The van der Waals surface area contributed by atoms with E-state index >= 15 is 0 Å². The van der Waals surface area contributed by atoms with Crippen LogP contribution in [0, 0.1) is 5.92 Å². The number of aromatic amines is 1. The molecule has 1 heterocycles. The van der Waals surface area contributed by atoms with Gasteiger partial charge in [-0.05, 0) is 32.6 Å². The van der Waals surface area contributed by atoms with Gasteiger partial charge in [-0.1, -0.05) is 5.21 Å². The molecule has 1 aromatic rings. The number of carboxylic acids is 1. The lowest BCUT2D eigenvalue weighted by Crippen LogP contribution is -2.45. The lowest BCUT2D eigenvalue weighted by molar-refractivity contribution is -0.142. The molecule has 1 unspecified atom stereocenters. The first-order valence-corrected chi connectivity index (χ1v) is 6.59. The fourth-order valence-corrected chi connectivity index (χ4v) is 2.33. The van der Waals surface area contributed by atoms with Gasteiger partial charge in [0, 0.05) is 6.04 Å². The molecule has 0 aliphatic heterocycles. The van der Waals surface area contributed by atoms with Gasteiger partial charge in [-0.3, -0.25) is 4.79 Å². The highest BCUT2D eigenvalue weighted by Crippen LogP contribution is 2.24. The number of amides is 2. The molecule has 1 aliphatic rings. The average Bonchev–Trinajstić information content (AvgIpc) is 2.93. The summed E-state index contributed by atoms with van der Waals surface area (Å²) in [6.45, 7) is 1.76. The van der Waals surface area contributed by atoms with Gasteiger partial charge >= 0.3 is 12.0 Å². The maximum absolute atomic E-state index is 11.8. The number of carbonyl (C=O) groups is 2. The molecule has 4 N–H and O–H groups in total. The number of carboxylic acid groups (broad SMARTS) is 1. The van der Waals surface area contributed by atoms with Gasteiger partial charge in [0.2, 0.25) is 0 Å². The minimum Gasteiger partial charge on any atom is -0.481 e. The Hall–Kier alpha value is -2.19. The molecule has 1 saturated carbocycles. The van der Waals surface area contributed by atoms with E-state index in [-0.39, 0.29) is 24.0 Å². The predicted octanol–water partition coefficient (Wildman–Crippen LogP) is 0.203. The number of tetrazole rings is 1. The lowest BCUT2D eigenvalue weighted by Gasteiger charge is -2.27. The van der Waals surface area contributed by atoms with Gasteiger partial charge in [0.1, 0.15) is 0 Å². The monoisotopic (exact) mass is 282 g/mol. The standard InChI is InChI=1S/C11H18N6O3/c1-6(9-14-16-17-15-9)12-11(20)13-8-4-2-7(3-5-8)10(18)19/h6-8H,2-5H2,1H3,(H,18,19)(H2,12,13,20)(H,14,15,16,17). The van der Waals surface area contributed by atoms with E-state index in [9.17, 15) is 9.59 Å². The average molecular weight is 282 g/mol. The van der Waals surface area contributed by atoms with E-state index in [1.165, 1.54) is 0 Å². The Morgan fingerprint density at radius 2 is 2.05 bits per heavy atom. The van der Waals surface area contributed by atoms with Crippen LogP contribution in [0.3, 0.4) is 0 Å². The van der Waals surface area contributed by atoms with Crippen molar-refractivity contribution >= 4 is 12.0 Å². The second kappa shape index (κ2) is 6.31. The molecule has 0 spiro atoms. The molecular formula is C11H18N6O3. The summed E-state index contributed by atoms with van der Waals surface area (Å²) in [7, 11) is 0. The third kappa shape index (κ3) is 3.65. The second-order valence-electron chi connectivity index (χ2n) is 5.00. The first-order chi connectivity index (χ1) is 9.56. The zero-order valence-corrected chi connectivity index (χ0v) is 11.2. The van der Waals surface area contributed by atoms with Crippen molar-refractivity contribution in [3.8, 4) is 0 Å². The summed E-state index contributed by atoms with van der Waals surface area (Å²) in [6.07, 6.45) is 2.56. The summed E-state index contributed by atoms with van der Waals surface area (Å²) in [5.74, 6) is -0.622. The summed E-state index contributed by atoms with van der Waals surface area (Å²) in [4.78, 5) is 22.6. The van der Waals surface area contributed by atoms with Crippen LogP contribution in [0.15, 0.2) is 0 Å². The van der Waals surface area contributed by atoms with E-state index in [2.05, 4.69) is 31.3 Å². The zero-order valence-electron chi connectivity index (χ0n) is 11.2. The van der Waals surface area contributed by atoms with Crippen LogP contribution in [0.2, 0.25) is 0 Å². The van der Waals surface area contributed by atoms with E-state index in [0.717, 1.165) is 0 Å². The van der Waals surface area contributed by atoms with Gasteiger partial charge in [-0.15, -0.1) is 10.2 Å². The summed E-state index contributed by atoms with van der Waals surface area (Å²) in [5.41, 5.74) is 0. The number of nitrogens with one attached hydrogen (secondary N) is 3. The number of hydrogen-bond donors (Lipinski definition) is 4. The van der Waals surface area contributed by atoms with E-state index in [1.807, 2.05) is 0 Å². The Kier molecular flexibility index (Phi) is 4.49. The van der Waals surface area contributed by atoms with Crippen molar-refractivity contribution in [3.05, 3.63) is 5.82 Å². The number of nitrogens with zero attached hydrogens (tertiary/aromatic N) is 3. The molecule has 1 aromatic heterocycles. The molecule has 9 nitrogen and oxygen atoms in total. The molecule has 1 atom stereocenters. The molecule has 1 aliphatic carbocycles. The zero-order chi connectivity index (χ0) is 14.5. The molecule has 1 fully saturated rings. The van der Waals surface area contributed by atoms with Gasteiger partial charge < -0.3 is 15.7 Å². The van der Waals surface area contributed by atoms with Crippen molar-refractivity contribution in [2.24, 2.45) is 5.92 Å². The SMILES string of the molecule is CC(NC(=O)NC1CCC(C(=O)O)CC1)c1nn[nH]n1. The molecule has 0 radical (unpaired) electrons. The Morgan fingerprint density at radius 3 is 2.60 bits per heavy atom. The Labute approximate surface area is 115 Å². The van der Waals surface area contributed by atoms with Crippen molar-refractivity contribution in [1.29, 1.82) is 0 Å². The van der Waals surface area contributed by atoms with Crippen LogP contribution < -0.4 is 10.6 Å². The van der Waals surface area contributed by atoms with Gasteiger partial charge in [0.15, 0.2) is 5.82 Å². The Bertz CT molecular complexity index is 455. The van der Waals surface area contributed by atoms with Crippen molar-refractivity contribution in [1.82, 2.24) is 31.3 Å². The first-order valence-electron chi connectivity index (χ1n) is 6.59. The summed E-state index contributed by atoms with van der Waals surface area (Å²) in [6, 6.07) is -0.631. The van der Waals surface area contributed by atoms with E-state index in [4.69, 9.17) is 5.11 Å². The van der Waals surface area contributed by atoms with Crippen molar-refractivity contribution in [3.63, 3.8) is 0 Å². The molecule has 20 heavy (non-hydrogen) atoms. The number of rotatable bonds is 4. The van der Waals surface area contributed by atoms with Gasteiger partial charge in [0.25, 0.3) is 0 Å². The number of carbonyl (C=O) groups excluding carboxylic acids is 1. The number of urea groups is 1. The maximum Gasteiger partial charge on any atom is 0.315 e. The molecule has 0 saturated heterocycles. The first kappa shape index (κ1) is 14.2. The molecule has 0 bridgehead atoms. The topological polar surface area (TPSA) is 133 Å². The number of aromatic nitrogens is 4. The van der Waals surface area contributed by atoms with E-state index in [1.54, 1.807) is 6.92 Å². The molecule has 2 rings (SSSR count). The largest absolute Gasteiger partial charge is 0.481 e. The predicted molar refractivity (Wildman–Crippen MR) is 67.6 cm³/mol. The number of H-pyrrole nitrogens is 1. The van der Waals surface area contributed by atoms with Crippen molar-refractivity contribution in [2.75, 3.05) is 0 Å². The molecule has 9 heteroatoms. The van der Waals surface area contributed by atoms with Crippen LogP contribution in [-0.4, -0.2) is 43.8 Å². The normalized spacial score (nSPS) is 23.9. The van der Waals surface area contributed by atoms with Crippen LogP contribution in [0.4, 0.5) is 4.79 Å². The molecular weight excluding hydrogens is 264 g/mol. The second-order valence-corrected chi connectivity index (χ2v) is 5.00.